The average molecular weight is 241 g/mol. The van der Waals surface area contributed by atoms with Crippen molar-refractivity contribution in [1.29, 1.82) is 0 Å². The Morgan fingerprint density at radius 2 is 1.82 bits per heavy atom. The maximum absolute atomic E-state index is 5.88. The summed E-state index contributed by atoms with van der Waals surface area (Å²) in [7, 11) is 6.66. The van der Waals surface area contributed by atoms with Gasteiger partial charge in [0.25, 0.3) is 0 Å². The molecule has 0 amide bonds. The van der Waals surface area contributed by atoms with E-state index in [4.69, 9.17) is 5.73 Å². The Morgan fingerprint density at radius 1 is 1.29 bits per heavy atom. The van der Waals surface area contributed by atoms with Gasteiger partial charge in [0.1, 0.15) is 0 Å². The molecule has 0 aromatic rings. The van der Waals surface area contributed by atoms with Crippen LogP contribution in [0.2, 0.25) is 0 Å². The van der Waals surface area contributed by atoms with Gasteiger partial charge >= 0.3 is 0 Å². The van der Waals surface area contributed by atoms with Crippen LogP contribution in [0.5, 0.6) is 0 Å². The molecule has 17 heavy (non-hydrogen) atoms. The first kappa shape index (κ1) is 14.9. The molecule has 2 N–H and O–H groups in total. The fourth-order valence-corrected chi connectivity index (χ4v) is 2.83. The number of piperidine rings is 1. The SMILES string of the molecule is CN1CCC(C(CC(C)(C)CN)N(C)C)CC1. The molecule has 1 aliphatic rings. The van der Waals surface area contributed by atoms with Crippen molar-refractivity contribution in [2.24, 2.45) is 17.1 Å². The molecule has 1 fully saturated rings. The summed E-state index contributed by atoms with van der Waals surface area (Å²) in [5, 5.41) is 0. The van der Waals surface area contributed by atoms with Crippen LogP contribution < -0.4 is 5.73 Å². The van der Waals surface area contributed by atoms with Gasteiger partial charge in [-0.1, -0.05) is 13.8 Å². The van der Waals surface area contributed by atoms with Gasteiger partial charge in [-0.3, -0.25) is 0 Å². The first-order chi connectivity index (χ1) is 7.85. The van der Waals surface area contributed by atoms with Crippen molar-refractivity contribution in [3.8, 4) is 0 Å². The largest absolute Gasteiger partial charge is 0.330 e. The summed E-state index contributed by atoms with van der Waals surface area (Å²) in [6.07, 6.45) is 3.88. The predicted molar refractivity (Wildman–Crippen MR) is 75.1 cm³/mol. The van der Waals surface area contributed by atoms with E-state index in [1.165, 1.54) is 32.4 Å². The average Bonchev–Trinajstić information content (AvgIpc) is 2.27. The summed E-state index contributed by atoms with van der Waals surface area (Å²) in [4.78, 5) is 4.85. The van der Waals surface area contributed by atoms with Gasteiger partial charge in [-0.25, -0.2) is 0 Å². The molecule has 0 aromatic heterocycles. The van der Waals surface area contributed by atoms with E-state index < -0.39 is 0 Å². The highest BCUT2D eigenvalue weighted by molar-refractivity contribution is 4.86. The topological polar surface area (TPSA) is 32.5 Å². The Bertz CT molecular complexity index is 218. The summed E-state index contributed by atoms with van der Waals surface area (Å²) in [5.74, 6) is 0.840. The van der Waals surface area contributed by atoms with Gasteiger partial charge in [0, 0.05) is 6.04 Å². The lowest BCUT2D eigenvalue weighted by Gasteiger charge is -2.41. The van der Waals surface area contributed by atoms with E-state index in [0.29, 0.717) is 6.04 Å². The molecular formula is C14H31N3. The Kier molecular flexibility index (Phi) is 5.42. The van der Waals surface area contributed by atoms with Crippen molar-refractivity contribution in [2.45, 2.75) is 39.2 Å². The summed E-state index contributed by atoms with van der Waals surface area (Å²) in [6, 6.07) is 0.683. The smallest absolute Gasteiger partial charge is 0.0124 e. The van der Waals surface area contributed by atoms with Gasteiger partial charge < -0.3 is 15.5 Å². The predicted octanol–water partition coefficient (Wildman–Crippen LogP) is 1.63. The molecule has 1 heterocycles. The van der Waals surface area contributed by atoms with Gasteiger partial charge in [0.2, 0.25) is 0 Å². The van der Waals surface area contributed by atoms with Gasteiger partial charge in [-0.2, -0.15) is 0 Å². The van der Waals surface area contributed by atoms with Crippen molar-refractivity contribution in [3.63, 3.8) is 0 Å². The highest BCUT2D eigenvalue weighted by Gasteiger charge is 2.31. The van der Waals surface area contributed by atoms with Crippen LogP contribution in [-0.4, -0.2) is 56.6 Å². The molecule has 0 radical (unpaired) electrons. The van der Waals surface area contributed by atoms with Crippen LogP contribution in [0.15, 0.2) is 0 Å². The lowest BCUT2D eigenvalue weighted by molar-refractivity contribution is 0.0968. The summed E-state index contributed by atoms with van der Waals surface area (Å²) in [5.41, 5.74) is 6.14. The van der Waals surface area contributed by atoms with E-state index in [1.54, 1.807) is 0 Å². The quantitative estimate of drug-likeness (QED) is 0.794. The molecule has 0 saturated carbocycles. The molecule has 0 spiro atoms. The normalized spacial score (nSPS) is 22.1. The monoisotopic (exact) mass is 241 g/mol. The van der Waals surface area contributed by atoms with Crippen LogP contribution >= 0.6 is 0 Å². The fraction of sp³-hybridized carbons (Fsp3) is 1.00. The third-order valence-electron chi connectivity index (χ3n) is 4.28. The van der Waals surface area contributed by atoms with Crippen LogP contribution in [0.4, 0.5) is 0 Å². The van der Waals surface area contributed by atoms with Crippen LogP contribution in [0.1, 0.15) is 33.1 Å². The zero-order chi connectivity index (χ0) is 13.1. The molecule has 1 rings (SSSR count). The minimum atomic E-state index is 0.262. The van der Waals surface area contributed by atoms with Gasteiger partial charge in [-0.15, -0.1) is 0 Å². The van der Waals surface area contributed by atoms with Crippen molar-refractivity contribution in [3.05, 3.63) is 0 Å². The molecule has 0 aliphatic carbocycles. The summed E-state index contributed by atoms with van der Waals surface area (Å²) in [6.45, 7) is 7.86. The number of nitrogens with zero attached hydrogens (tertiary/aromatic N) is 2. The van der Waals surface area contributed by atoms with Crippen molar-refractivity contribution in [1.82, 2.24) is 9.80 Å². The van der Waals surface area contributed by atoms with Gasteiger partial charge in [-0.05, 0) is 71.4 Å². The number of rotatable bonds is 5. The van der Waals surface area contributed by atoms with Gasteiger partial charge in [0.15, 0.2) is 0 Å². The zero-order valence-corrected chi connectivity index (χ0v) is 12.4. The Morgan fingerprint density at radius 3 is 2.24 bits per heavy atom. The molecule has 1 saturated heterocycles. The Balaban J connectivity index is 2.60. The fourth-order valence-electron chi connectivity index (χ4n) is 2.83. The summed E-state index contributed by atoms with van der Waals surface area (Å²) < 4.78 is 0. The van der Waals surface area contributed by atoms with E-state index in [2.05, 4.69) is 44.8 Å². The Hall–Kier alpha value is -0.120. The van der Waals surface area contributed by atoms with E-state index in [9.17, 15) is 0 Å². The molecule has 102 valence electrons. The maximum Gasteiger partial charge on any atom is 0.0124 e. The first-order valence-corrected chi connectivity index (χ1v) is 6.91. The lowest BCUT2D eigenvalue weighted by atomic mass is 9.78. The maximum atomic E-state index is 5.88. The molecule has 3 heteroatoms. The Labute approximate surface area is 107 Å². The van der Waals surface area contributed by atoms with Crippen molar-refractivity contribution < 1.29 is 0 Å². The second-order valence-corrected chi connectivity index (χ2v) is 6.74. The zero-order valence-electron chi connectivity index (χ0n) is 12.4. The molecule has 1 aliphatic heterocycles. The van der Waals surface area contributed by atoms with Crippen LogP contribution in [-0.2, 0) is 0 Å². The summed E-state index contributed by atoms with van der Waals surface area (Å²) >= 11 is 0. The van der Waals surface area contributed by atoms with Crippen molar-refractivity contribution >= 4 is 0 Å². The van der Waals surface area contributed by atoms with E-state index in [-0.39, 0.29) is 5.41 Å². The van der Waals surface area contributed by atoms with Crippen LogP contribution in [0, 0.1) is 11.3 Å². The number of hydrogen-bond acceptors (Lipinski definition) is 3. The highest BCUT2D eigenvalue weighted by atomic mass is 15.1. The second-order valence-electron chi connectivity index (χ2n) is 6.74. The number of nitrogens with two attached hydrogens (primary N) is 1. The van der Waals surface area contributed by atoms with Crippen LogP contribution in [0.25, 0.3) is 0 Å². The number of hydrogen-bond donors (Lipinski definition) is 1. The standard InChI is InChI=1S/C14H31N3/c1-14(2,11-15)10-13(16(3)4)12-6-8-17(5)9-7-12/h12-13H,6-11,15H2,1-5H3. The lowest BCUT2D eigenvalue weighted by Crippen LogP contribution is -2.45. The minimum Gasteiger partial charge on any atom is -0.330 e. The first-order valence-electron chi connectivity index (χ1n) is 6.91. The molecular weight excluding hydrogens is 210 g/mol. The molecule has 0 aromatic carbocycles. The van der Waals surface area contributed by atoms with Gasteiger partial charge in [0.05, 0.1) is 0 Å². The molecule has 1 atom stereocenters. The third-order valence-corrected chi connectivity index (χ3v) is 4.28. The molecule has 3 nitrogen and oxygen atoms in total. The number of likely N-dealkylation sites (tertiary alicyclic amines) is 1. The van der Waals surface area contributed by atoms with E-state index in [1.807, 2.05) is 0 Å². The van der Waals surface area contributed by atoms with E-state index >= 15 is 0 Å². The van der Waals surface area contributed by atoms with Crippen LogP contribution in [0.3, 0.4) is 0 Å². The highest BCUT2D eigenvalue weighted by Crippen LogP contribution is 2.31. The van der Waals surface area contributed by atoms with E-state index in [0.717, 1.165) is 12.5 Å². The molecule has 0 bridgehead atoms. The minimum absolute atomic E-state index is 0.262. The van der Waals surface area contributed by atoms with Crippen molar-refractivity contribution in [2.75, 3.05) is 40.8 Å². The molecule has 1 unspecified atom stereocenters. The second kappa shape index (κ2) is 6.17. The third kappa shape index (κ3) is 4.57.